The molecular formula is C19H22Cl2N2O4S. The number of ether oxygens (including phenoxy) is 2. The van der Waals surface area contributed by atoms with Crippen LogP contribution in [0.4, 0.5) is 5.69 Å². The number of morpholine rings is 1. The molecule has 1 N–H and O–H groups in total. The molecule has 152 valence electrons. The van der Waals surface area contributed by atoms with E-state index < -0.39 is 10.0 Å². The largest absolute Gasteiger partial charge is 0.490 e. The van der Waals surface area contributed by atoms with Gasteiger partial charge in [-0.2, -0.15) is 4.31 Å². The number of rotatable bonds is 7. The second kappa shape index (κ2) is 9.33. The number of nitrogens with zero attached hydrogens (tertiary/aromatic N) is 1. The number of hydrogen-bond donors (Lipinski definition) is 1. The van der Waals surface area contributed by atoms with Crippen LogP contribution in [0.5, 0.6) is 5.75 Å². The monoisotopic (exact) mass is 444 g/mol. The standard InChI is InChI=1S/C19H22Cl2N2O4S/c1-14-2-4-16(13-19(14)28(24,25)23-7-10-26-11-8-23)22-6-9-27-18-5-3-15(20)12-17(18)21/h2-5,12-13,22H,6-11H2,1H3. The highest BCUT2D eigenvalue weighted by Crippen LogP contribution is 2.27. The Labute approximate surface area is 175 Å². The summed E-state index contributed by atoms with van der Waals surface area (Å²) in [6.45, 7) is 4.22. The molecule has 1 heterocycles. The number of anilines is 1. The summed E-state index contributed by atoms with van der Waals surface area (Å²) in [7, 11) is -3.55. The molecule has 0 amide bonds. The third-order valence-electron chi connectivity index (χ3n) is 4.36. The highest BCUT2D eigenvalue weighted by molar-refractivity contribution is 7.89. The Hall–Kier alpha value is -1.51. The molecule has 0 radical (unpaired) electrons. The highest BCUT2D eigenvalue weighted by atomic mass is 35.5. The lowest BCUT2D eigenvalue weighted by atomic mass is 10.2. The summed E-state index contributed by atoms with van der Waals surface area (Å²) < 4.78 is 38.2. The van der Waals surface area contributed by atoms with Crippen molar-refractivity contribution >= 4 is 38.9 Å². The van der Waals surface area contributed by atoms with Gasteiger partial charge in [0.05, 0.1) is 23.1 Å². The van der Waals surface area contributed by atoms with Crippen LogP contribution < -0.4 is 10.1 Å². The predicted molar refractivity (Wildman–Crippen MR) is 111 cm³/mol. The molecule has 1 fully saturated rings. The molecule has 0 aliphatic carbocycles. The molecule has 0 aromatic heterocycles. The molecule has 0 bridgehead atoms. The number of benzene rings is 2. The fourth-order valence-corrected chi connectivity index (χ4v) is 4.98. The second-order valence-electron chi connectivity index (χ2n) is 6.35. The van der Waals surface area contributed by atoms with E-state index in [1.807, 2.05) is 6.07 Å². The van der Waals surface area contributed by atoms with Crippen LogP contribution in [0.15, 0.2) is 41.3 Å². The fraction of sp³-hybridized carbons (Fsp3) is 0.368. The van der Waals surface area contributed by atoms with Gasteiger partial charge in [0.15, 0.2) is 0 Å². The topological polar surface area (TPSA) is 67.9 Å². The lowest BCUT2D eigenvalue weighted by molar-refractivity contribution is 0.0730. The van der Waals surface area contributed by atoms with Crippen LogP contribution in [-0.4, -0.2) is 52.2 Å². The van der Waals surface area contributed by atoms with E-state index in [0.717, 1.165) is 0 Å². The number of nitrogens with one attached hydrogen (secondary N) is 1. The van der Waals surface area contributed by atoms with Gasteiger partial charge < -0.3 is 14.8 Å². The van der Waals surface area contributed by atoms with Gasteiger partial charge in [0, 0.05) is 30.3 Å². The number of aryl methyl sites for hydroxylation is 1. The molecule has 1 aliphatic heterocycles. The Morgan fingerprint density at radius 1 is 1.14 bits per heavy atom. The molecule has 2 aromatic rings. The van der Waals surface area contributed by atoms with Crippen molar-refractivity contribution in [2.75, 3.05) is 44.8 Å². The van der Waals surface area contributed by atoms with Crippen LogP contribution in [0.1, 0.15) is 5.56 Å². The van der Waals surface area contributed by atoms with Gasteiger partial charge in [-0.1, -0.05) is 29.3 Å². The first-order valence-electron chi connectivity index (χ1n) is 8.88. The Morgan fingerprint density at radius 3 is 2.61 bits per heavy atom. The van der Waals surface area contributed by atoms with E-state index in [4.69, 9.17) is 32.7 Å². The lowest BCUT2D eigenvalue weighted by Crippen LogP contribution is -2.40. The summed E-state index contributed by atoms with van der Waals surface area (Å²) in [4.78, 5) is 0.307. The second-order valence-corrected chi connectivity index (χ2v) is 9.10. The van der Waals surface area contributed by atoms with Crippen LogP contribution in [0.25, 0.3) is 0 Å². The average Bonchev–Trinajstić information content (AvgIpc) is 2.68. The molecule has 0 saturated carbocycles. The van der Waals surface area contributed by atoms with Crippen LogP contribution in [0, 0.1) is 6.92 Å². The first-order chi connectivity index (χ1) is 13.4. The SMILES string of the molecule is Cc1ccc(NCCOc2ccc(Cl)cc2Cl)cc1S(=O)(=O)N1CCOCC1. The first kappa shape index (κ1) is 21.2. The van der Waals surface area contributed by atoms with Gasteiger partial charge in [-0.3, -0.25) is 0 Å². The maximum atomic E-state index is 12.9. The maximum Gasteiger partial charge on any atom is 0.243 e. The van der Waals surface area contributed by atoms with Crippen molar-refractivity contribution < 1.29 is 17.9 Å². The first-order valence-corrected chi connectivity index (χ1v) is 11.1. The zero-order chi connectivity index (χ0) is 20.1. The summed E-state index contributed by atoms with van der Waals surface area (Å²) in [5.41, 5.74) is 1.42. The molecular weight excluding hydrogens is 423 g/mol. The molecule has 1 saturated heterocycles. The van der Waals surface area contributed by atoms with Gasteiger partial charge in [-0.25, -0.2) is 8.42 Å². The Bertz CT molecular complexity index is 932. The fourth-order valence-electron chi connectivity index (χ4n) is 2.86. The Morgan fingerprint density at radius 2 is 1.89 bits per heavy atom. The van der Waals surface area contributed by atoms with E-state index >= 15 is 0 Å². The van der Waals surface area contributed by atoms with Crippen molar-refractivity contribution in [1.82, 2.24) is 4.31 Å². The molecule has 0 spiro atoms. The summed E-state index contributed by atoms with van der Waals surface area (Å²) in [6.07, 6.45) is 0. The molecule has 0 atom stereocenters. The Kier molecular flexibility index (Phi) is 7.06. The van der Waals surface area contributed by atoms with Crippen molar-refractivity contribution in [2.24, 2.45) is 0 Å². The maximum absolute atomic E-state index is 12.9. The van der Waals surface area contributed by atoms with Crippen molar-refractivity contribution in [1.29, 1.82) is 0 Å². The van der Waals surface area contributed by atoms with Gasteiger partial charge >= 0.3 is 0 Å². The normalized spacial score (nSPS) is 15.4. The van der Waals surface area contributed by atoms with Crippen molar-refractivity contribution in [3.8, 4) is 5.75 Å². The zero-order valence-electron chi connectivity index (χ0n) is 15.5. The van der Waals surface area contributed by atoms with Gasteiger partial charge in [-0.15, -0.1) is 0 Å². The molecule has 2 aromatic carbocycles. The van der Waals surface area contributed by atoms with Crippen LogP contribution in [0.3, 0.4) is 0 Å². The minimum absolute atomic E-state index is 0.307. The van der Waals surface area contributed by atoms with Gasteiger partial charge in [0.2, 0.25) is 10.0 Å². The van der Waals surface area contributed by atoms with E-state index in [1.54, 1.807) is 37.3 Å². The third-order valence-corrected chi connectivity index (χ3v) is 6.93. The minimum Gasteiger partial charge on any atom is -0.490 e. The summed E-state index contributed by atoms with van der Waals surface area (Å²) in [6, 6.07) is 10.3. The summed E-state index contributed by atoms with van der Waals surface area (Å²) in [5, 5.41) is 4.18. The summed E-state index contributed by atoms with van der Waals surface area (Å²) in [5.74, 6) is 0.548. The smallest absolute Gasteiger partial charge is 0.243 e. The molecule has 0 unspecified atom stereocenters. The number of halogens is 2. The predicted octanol–water partition coefficient (Wildman–Crippen LogP) is 3.81. The molecule has 9 heteroatoms. The minimum atomic E-state index is -3.55. The van der Waals surface area contributed by atoms with Gasteiger partial charge in [0.1, 0.15) is 12.4 Å². The van der Waals surface area contributed by atoms with E-state index in [1.165, 1.54) is 4.31 Å². The van der Waals surface area contributed by atoms with Crippen LogP contribution in [-0.2, 0) is 14.8 Å². The van der Waals surface area contributed by atoms with E-state index in [0.29, 0.717) is 71.4 Å². The van der Waals surface area contributed by atoms with Gasteiger partial charge in [0.25, 0.3) is 0 Å². The number of sulfonamides is 1. The molecule has 6 nitrogen and oxygen atoms in total. The van der Waals surface area contributed by atoms with E-state index in [-0.39, 0.29) is 0 Å². The van der Waals surface area contributed by atoms with Crippen LogP contribution >= 0.6 is 23.2 Å². The van der Waals surface area contributed by atoms with E-state index in [2.05, 4.69) is 5.32 Å². The quantitative estimate of drug-likeness (QED) is 0.657. The van der Waals surface area contributed by atoms with Crippen LogP contribution in [0.2, 0.25) is 10.0 Å². The highest BCUT2D eigenvalue weighted by Gasteiger charge is 2.27. The molecule has 28 heavy (non-hydrogen) atoms. The zero-order valence-corrected chi connectivity index (χ0v) is 17.8. The lowest BCUT2D eigenvalue weighted by Gasteiger charge is -2.27. The van der Waals surface area contributed by atoms with Crippen molar-refractivity contribution in [3.63, 3.8) is 0 Å². The Balaban J connectivity index is 1.63. The summed E-state index contributed by atoms with van der Waals surface area (Å²) >= 11 is 11.9. The van der Waals surface area contributed by atoms with Crippen molar-refractivity contribution in [3.05, 3.63) is 52.0 Å². The number of hydrogen-bond acceptors (Lipinski definition) is 5. The average molecular weight is 445 g/mol. The molecule has 1 aliphatic rings. The van der Waals surface area contributed by atoms with Crippen molar-refractivity contribution in [2.45, 2.75) is 11.8 Å². The van der Waals surface area contributed by atoms with Gasteiger partial charge in [-0.05, 0) is 42.8 Å². The molecule has 3 rings (SSSR count). The third kappa shape index (κ3) is 5.10. The van der Waals surface area contributed by atoms with E-state index in [9.17, 15) is 8.42 Å².